The molecule has 28 heavy (non-hydrogen) atoms. The molecular formula is C23H28N2O3. The molecule has 1 aliphatic rings. The Morgan fingerprint density at radius 1 is 1.14 bits per heavy atom. The number of piperazine rings is 1. The highest BCUT2D eigenvalue weighted by Gasteiger charge is 2.34. The highest BCUT2D eigenvalue weighted by molar-refractivity contribution is 5.87. The summed E-state index contributed by atoms with van der Waals surface area (Å²) in [4.78, 5) is 16.1. The summed E-state index contributed by atoms with van der Waals surface area (Å²) in [6.45, 7) is 11.0. The average molecular weight is 380 g/mol. The van der Waals surface area contributed by atoms with Gasteiger partial charge in [-0.2, -0.15) is 0 Å². The maximum atomic E-state index is 11.2. The summed E-state index contributed by atoms with van der Waals surface area (Å²) in [7, 11) is 0. The Balaban J connectivity index is 1.99. The second-order valence-electron chi connectivity index (χ2n) is 7.56. The third-order valence-electron chi connectivity index (χ3n) is 5.52. The number of hydrogen-bond acceptors (Lipinski definition) is 4. The Bertz CT molecular complexity index is 834. The molecule has 2 N–H and O–H groups in total. The maximum Gasteiger partial charge on any atom is 0.335 e. The van der Waals surface area contributed by atoms with Crippen LogP contribution in [0.25, 0.3) is 0 Å². The van der Waals surface area contributed by atoms with Gasteiger partial charge in [0, 0.05) is 31.7 Å². The number of hydrogen-bond donors (Lipinski definition) is 2. The molecule has 5 heteroatoms. The smallest absolute Gasteiger partial charge is 0.335 e. The van der Waals surface area contributed by atoms with Gasteiger partial charge in [0.15, 0.2) is 0 Å². The van der Waals surface area contributed by atoms with Gasteiger partial charge in [0.2, 0.25) is 0 Å². The van der Waals surface area contributed by atoms with Crippen molar-refractivity contribution in [2.24, 2.45) is 0 Å². The fourth-order valence-electron chi connectivity index (χ4n) is 4.08. The van der Waals surface area contributed by atoms with E-state index in [1.54, 1.807) is 24.3 Å². The number of carboxylic acids is 1. The Hall–Kier alpha value is -2.63. The monoisotopic (exact) mass is 380 g/mol. The van der Waals surface area contributed by atoms with Crippen molar-refractivity contribution in [2.45, 2.75) is 32.0 Å². The molecule has 0 aliphatic carbocycles. The van der Waals surface area contributed by atoms with Crippen LogP contribution in [0, 0.1) is 0 Å². The summed E-state index contributed by atoms with van der Waals surface area (Å²) >= 11 is 0. The first-order valence-corrected chi connectivity index (χ1v) is 9.63. The number of aromatic carboxylic acids is 1. The third kappa shape index (κ3) is 4.26. The van der Waals surface area contributed by atoms with Crippen molar-refractivity contribution in [1.82, 2.24) is 9.80 Å². The minimum absolute atomic E-state index is 0.0572. The van der Waals surface area contributed by atoms with E-state index < -0.39 is 5.97 Å². The van der Waals surface area contributed by atoms with Gasteiger partial charge in [0.25, 0.3) is 0 Å². The molecule has 0 spiro atoms. The van der Waals surface area contributed by atoms with E-state index in [1.165, 1.54) is 0 Å². The van der Waals surface area contributed by atoms with Crippen LogP contribution in [0.3, 0.4) is 0 Å². The van der Waals surface area contributed by atoms with Crippen molar-refractivity contribution in [3.8, 4) is 5.75 Å². The molecule has 1 saturated heterocycles. The summed E-state index contributed by atoms with van der Waals surface area (Å²) in [5, 5.41) is 19.3. The zero-order valence-corrected chi connectivity index (χ0v) is 16.5. The molecule has 0 radical (unpaired) electrons. The van der Waals surface area contributed by atoms with Crippen molar-refractivity contribution >= 4 is 5.97 Å². The molecule has 0 bridgehead atoms. The molecule has 2 aromatic rings. The van der Waals surface area contributed by atoms with E-state index in [4.69, 9.17) is 0 Å². The lowest BCUT2D eigenvalue weighted by Crippen LogP contribution is -2.57. The molecular weight excluding hydrogens is 352 g/mol. The maximum absolute atomic E-state index is 11.2. The van der Waals surface area contributed by atoms with Crippen molar-refractivity contribution in [3.05, 3.63) is 77.9 Å². The van der Waals surface area contributed by atoms with E-state index in [9.17, 15) is 15.0 Å². The van der Waals surface area contributed by atoms with E-state index in [1.807, 2.05) is 30.3 Å². The highest BCUT2D eigenvalue weighted by Crippen LogP contribution is 2.34. The van der Waals surface area contributed by atoms with Gasteiger partial charge in [-0.3, -0.25) is 9.80 Å². The Morgan fingerprint density at radius 2 is 1.86 bits per heavy atom. The number of phenolic OH excluding ortho intramolecular Hbond substituents is 1. The fraction of sp³-hybridized carbons (Fsp3) is 0.348. The zero-order valence-electron chi connectivity index (χ0n) is 16.5. The third-order valence-corrected chi connectivity index (χ3v) is 5.52. The minimum Gasteiger partial charge on any atom is -0.508 e. The van der Waals surface area contributed by atoms with Crippen molar-refractivity contribution in [3.63, 3.8) is 0 Å². The summed E-state index contributed by atoms with van der Waals surface area (Å²) in [6.07, 6.45) is 1.94. The molecule has 1 heterocycles. The highest BCUT2D eigenvalue weighted by atomic mass is 16.4. The topological polar surface area (TPSA) is 64.0 Å². The molecule has 0 unspecified atom stereocenters. The number of carbonyl (C=O) groups is 1. The fourth-order valence-corrected chi connectivity index (χ4v) is 4.08. The number of phenols is 1. The second kappa shape index (κ2) is 8.59. The summed E-state index contributed by atoms with van der Waals surface area (Å²) in [6, 6.07) is 15.0. The van der Waals surface area contributed by atoms with Gasteiger partial charge < -0.3 is 10.2 Å². The van der Waals surface area contributed by atoms with E-state index in [2.05, 4.69) is 30.2 Å². The molecule has 0 aromatic heterocycles. The van der Waals surface area contributed by atoms with Crippen molar-refractivity contribution in [1.29, 1.82) is 0 Å². The number of nitrogens with zero attached hydrogens (tertiary/aromatic N) is 2. The molecule has 5 nitrogen and oxygen atoms in total. The van der Waals surface area contributed by atoms with Gasteiger partial charge in [-0.05, 0) is 49.2 Å². The van der Waals surface area contributed by atoms with Gasteiger partial charge in [0.05, 0.1) is 11.6 Å². The van der Waals surface area contributed by atoms with Crippen LogP contribution >= 0.6 is 0 Å². The Labute approximate surface area is 166 Å². The van der Waals surface area contributed by atoms with Gasteiger partial charge in [-0.15, -0.1) is 6.58 Å². The lowest BCUT2D eigenvalue weighted by atomic mass is 9.93. The number of rotatable bonds is 6. The predicted molar refractivity (Wildman–Crippen MR) is 111 cm³/mol. The first kappa shape index (κ1) is 20.1. The first-order chi connectivity index (χ1) is 13.4. The molecule has 1 fully saturated rings. The van der Waals surface area contributed by atoms with Crippen LogP contribution in [-0.2, 0) is 0 Å². The SMILES string of the molecule is C=CCN1C[C@H](C)N([C@H](c2ccc(C(=O)O)cc2)c2cccc(O)c2)C[C@H]1C. The quantitative estimate of drug-likeness (QED) is 0.747. The molecule has 3 atom stereocenters. The van der Waals surface area contributed by atoms with Gasteiger partial charge in [0.1, 0.15) is 5.75 Å². The molecule has 3 rings (SSSR count). The van der Waals surface area contributed by atoms with E-state index in [0.29, 0.717) is 12.1 Å². The largest absolute Gasteiger partial charge is 0.508 e. The Kier molecular flexibility index (Phi) is 6.17. The van der Waals surface area contributed by atoms with Crippen LogP contribution in [0.5, 0.6) is 5.75 Å². The average Bonchev–Trinajstić information content (AvgIpc) is 2.66. The van der Waals surface area contributed by atoms with Crippen LogP contribution in [0.1, 0.15) is 41.4 Å². The van der Waals surface area contributed by atoms with Gasteiger partial charge in [-0.25, -0.2) is 4.79 Å². The van der Waals surface area contributed by atoms with Gasteiger partial charge in [-0.1, -0.05) is 30.3 Å². The summed E-state index contributed by atoms with van der Waals surface area (Å²) in [5.41, 5.74) is 2.29. The molecule has 0 saturated carbocycles. The minimum atomic E-state index is -0.930. The zero-order chi connectivity index (χ0) is 20.3. The van der Waals surface area contributed by atoms with Crippen molar-refractivity contribution in [2.75, 3.05) is 19.6 Å². The molecule has 0 amide bonds. The van der Waals surface area contributed by atoms with Crippen LogP contribution in [0.2, 0.25) is 0 Å². The van der Waals surface area contributed by atoms with Crippen LogP contribution < -0.4 is 0 Å². The Morgan fingerprint density at radius 3 is 2.46 bits per heavy atom. The normalized spacial score (nSPS) is 21.9. The molecule has 148 valence electrons. The van der Waals surface area contributed by atoms with Crippen LogP contribution in [0.15, 0.2) is 61.2 Å². The lowest BCUT2D eigenvalue weighted by Gasteiger charge is -2.47. The summed E-state index contributed by atoms with van der Waals surface area (Å²) < 4.78 is 0. The summed E-state index contributed by atoms with van der Waals surface area (Å²) in [5.74, 6) is -0.698. The van der Waals surface area contributed by atoms with Gasteiger partial charge >= 0.3 is 5.97 Å². The van der Waals surface area contributed by atoms with Crippen molar-refractivity contribution < 1.29 is 15.0 Å². The second-order valence-corrected chi connectivity index (χ2v) is 7.56. The molecule has 2 aromatic carbocycles. The number of aromatic hydroxyl groups is 1. The lowest BCUT2D eigenvalue weighted by molar-refractivity contribution is 0.0306. The number of benzene rings is 2. The van der Waals surface area contributed by atoms with Crippen LogP contribution in [0.4, 0.5) is 0 Å². The number of carboxylic acid groups (broad SMARTS) is 1. The van der Waals surface area contributed by atoms with E-state index in [-0.39, 0.29) is 17.4 Å². The first-order valence-electron chi connectivity index (χ1n) is 9.63. The van der Waals surface area contributed by atoms with E-state index in [0.717, 1.165) is 30.8 Å². The predicted octanol–water partition coefficient (Wildman–Crippen LogP) is 3.76. The standard InChI is InChI=1S/C23H28N2O3/c1-4-12-24-14-17(3)25(15-16(24)2)22(20-6-5-7-21(26)13-20)18-8-10-19(11-9-18)23(27)28/h4-11,13,16-17,22,26H,1,12,14-15H2,2-3H3,(H,27,28)/t16-,17+,22-/m1/s1. The van der Waals surface area contributed by atoms with Crippen LogP contribution in [-0.4, -0.2) is 57.7 Å². The van der Waals surface area contributed by atoms with E-state index >= 15 is 0 Å². The molecule has 1 aliphatic heterocycles.